The molecule has 0 aliphatic rings. The number of pyridine rings is 1. The molecule has 0 amide bonds. The molecule has 0 aromatic carbocycles. The topological polar surface area (TPSA) is 47.8 Å². The number of nitrogens with zero attached hydrogens (tertiary/aromatic N) is 3. The third-order valence-corrected chi connectivity index (χ3v) is 2.86. The Bertz CT molecular complexity index is 772. The van der Waals surface area contributed by atoms with Crippen molar-refractivity contribution in [3.63, 3.8) is 0 Å². The molecule has 0 fully saturated rings. The SMILES string of the molecule is Cc1c(C(F)(F)F)cnn(-c2nc(F)c(Cl)cc2F)c1=O. The zero-order valence-electron chi connectivity index (χ0n) is 10.2. The highest BCUT2D eigenvalue weighted by Gasteiger charge is 2.34. The molecule has 0 atom stereocenters. The van der Waals surface area contributed by atoms with Gasteiger partial charge in [-0.3, -0.25) is 4.79 Å². The predicted octanol–water partition coefficient (Wildman–Crippen LogP) is 2.89. The van der Waals surface area contributed by atoms with Crippen LogP contribution in [-0.4, -0.2) is 14.8 Å². The fourth-order valence-corrected chi connectivity index (χ4v) is 1.70. The molecule has 10 heteroatoms. The molecule has 112 valence electrons. The minimum absolute atomic E-state index is 0.235. The standard InChI is InChI=1S/C11H5ClF5N3O/c1-4-5(11(15,16)17)3-18-20(10(4)21)9-7(13)2-6(12)8(14)19-9/h2-3H,1H3. The van der Waals surface area contributed by atoms with Crippen molar-refractivity contribution in [2.45, 2.75) is 13.1 Å². The Kier molecular flexibility index (Phi) is 3.70. The minimum atomic E-state index is -4.79. The van der Waals surface area contributed by atoms with Gasteiger partial charge in [0, 0.05) is 11.6 Å². The third kappa shape index (κ3) is 2.73. The van der Waals surface area contributed by atoms with Crippen molar-refractivity contribution in [1.29, 1.82) is 0 Å². The molecule has 0 radical (unpaired) electrons. The Morgan fingerprint density at radius 3 is 2.48 bits per heavy atom. The maximum atomic E-state index is 13.6. The van der Waals surface area contributed by atoms with Crippen LogP contribution in [0.3, 0.4) is 0 Å². The van der Waals surface area contributed by atoms with Crippen molar-refractivity contribution in [1.82, 2.24) is 14.8 Å². The summed E-state index contributed by atoms with van der Waals surface area (Å²) in [7, 11) is 0. The molecule has 0 aliphatic carbocycles. The molecule has 0 N–H and O–H groups in total. The number of alkyl halides is 3. The quantitative estimate of drug-likeness (QED) is 0.598. The van der Waals surface area contributed by atoms with E-state index in [-0.39, 0.29) is 4.68 Å². The summed E-state index contributed by atoms with van der Waals surface area (Å²) >= 11 is 5.30. The maximum Gasteiger partial charge on any atom is 0.418 e. The highest BCUT2D eigenvalue weighted by atomic mass is 35.5. The van der Waals surface area contributed by atoms with Crippen molar-refractivity contribution in [3.8, 4) is 5.82 Å². The first-order valence-electron chi connectivity index (χ1n) is 5.31. The molecule has 2 heterocycles. The van der Waals surface area contributed by atoms with E-state index in [1.807, 2.05) is 0 Å². The van der Waals surface area contributed by atoms with E-state index in [0.29, 0.717) is 12.3 Å². The Labute approximate surface area is 118 Å². The molecular formula is C11H5ClF5N3O. The Hall–Kier alpha value is -2.03. The van der Waals surface area contributed by atoms with E-state index in [4.69, 9.17) is 11.6 Å². The number of hydrogen-bond acceptors (Lipinski definition) is 3. The van der Waals surface area contributed by atoms with Crippen LogP contribution in [0.25, 0.3) is 5.82 Å². The van der Waals surface area contributed by atoms with Gasteiger partial charge in [-0.15, -0.1) is 0 Å². The molecule has 2 aromatic rings. The van der Waals surface area contributed by atoms with Crippen LogP contribution in [0, 0.1) is 18.7 Å². The lowest BCUT2D eigenvalue weighted by Crippen LogP contribution is -2.28. The van der Waals surface area contributed by atoms with Crippen LogP contribution < -0.4 is 5.56 Å². The molecule has 2 rings (SSSR count). The van der Waals surface area contributed by atoms with E-state index in [9.17, 15) is 26.7 Å². The molecule has 0 saturated heterocycles. The highest BCUT2D eigenvalue weighted by molar-refractivity contribution is 6.30. The van der Waals surface area contributed by atoms with Crippen molar-refractivity contribution >= 4 is 11.6 Å². The summed E-state index contributed by atoms with van der Waals surface area (Å²) in [6, 6.07) is 0.542. The van der Waals surface area contributed by atoms with E-state index < -0.39 is 45.5 Å². The van der Waals surface area contributed by atoms with E-state index >= 15 is 0 Å². The second kappa shape index (κ2) is 5.06. The van der Waals surface area contributed by atoms with Gasteiger partial charge in [0.1, 0.15) is 0 Å². The summed E-state index contributed by atoms with van der Waals surface area (Å²) in [5.41, 5.74) is -3.24. The van der Waals surface area contributed by atoms with Crippen LogP contribution in [0.5, 0.6) is 0 Å². The summed E-state index contributed by atoms with van der Waals surface area (Å²) in [5.74, 6) is -3.35. The van der Waals surface area contributed by atoms with Crippen LogP contribution in [0.1, 0.15) is 11.1 Å². The van der Waals surface area contributed by atoms with Crippen LogP contribution >= 0.6 is 11.6 Å². The van der Waals surface area contributed by atoms with Crippen LogP contribution in [0.15, 0.2) is 17.1 Å². The molecule has 21 heavy (non-hydrogen) atoms. The minimum Gasteiger partial charge on any atom is -0.267 e. The first-order valence-corrected chi connectivity index (χ1v) is 5.68. The van der Waals surface area contributed by atoms with Crippen molar-refractivity contribution in [2.24, 2.45) is 0 Å². The number of rotatable bonds is 1. The van der Waals surface area contributed by atoms with Gasteiger partial charge < -0.3 is 0 Å². The van der Waals surface area contributed by atoms with Gasteiger partial charge in [-0.2, -0.15) is 32.3 Å². The first-order chi connectivity index (χ1) is 9.62. The van der Waals surface area contributed by atoms with Gasteiger partial charge in [0.05, 0.1) is 16.8 Å². The zero-order valence-corrected chi connectivity index (χ0v) is 10.9. The second-order valence-corrected chi connectivity index (χ2v) is 4.37. The van der Waals surface area contributed by atoms with Crippen LogP contribution in [0.4, 0.5) is 22.0 Å². The summed E-state index contributed by atoms with van der Waals surface area (Å²) in [4.78, 5) is 14.9. The lowest BCUT2D eigenvalue weighted by atomic mass is 10.2. The smallest absolute Gasteiger partial charge is 0.267 e. The monoisotopic (exact) mass is 325 g/mol. The van der Waals surface area contributed by atoms with Gasteiger partial charge in [0.2, 0.25) is 5.95 Å². The fraction of sp³-hybridized carbons (Fsp3) is 0.182. The van der Waals surface area contributed by atoms with E-state index in [2.05, 4.69) is 10.1 Å². The average Bonchev–Trinajstić information content (AvgIpc) is 2.36. The number of hydrogen-bond donors (Lipinski definition) is 0. The summed E-state index contributed by atoms with van der Waals surface area (Å²) in [6.07, 6.45) is -4.45. The Morgan fingerprint density at radius 1 is 1.29 bits per heavy atom. The Balaban J connectivity index is 2.71. The summed E-state index contributed by atoms with van der Waals surface area (Å²) < 4.78 is 64.9. The molecule has 0 saturated carbocycles. The molecule has 0 aliphatic heterocycles. The number of halogens is 6. The van der Waals surface area contributed by atoms with Crippen molar-refractivity contribution in [2.75, 3.05) is 0 Å². The van der Waals surface area contributed by atoms with Gasteiger partial charge in [-0.1, -0.05) is 11.6 Å². The largest absolute Gasteiger partial charge is 0.418 e. The van der Waals surface area contributed by atoms with E-state index in [1.165, 1.54) is 0 Å². The second-order valence-electron chi connectivity index (χ2n) is 3.96. The normalized spacial score (nSPS) is 11.8. The van der Waals surface area contributed by atoms with Gasteiger partial charge in [0.25, 0.3) is 5.56 Å². The summed E-state index contributed by atoms with van der Waals surface area (Å²) in [6.45, 7) is 0.896. The van der Waals surface area contributed by atoms with Gasteiger partial charge in [-0.05, 0) is 6.92 Å². The first kappa shape index (κ1) is 15.4. The van der Waals surface area contributed by atoms with Crippen molar-refractivity contribution < 1.29 is 22.0 Å². The molecule has 4 nitrogen and oxygen atoms in total. The summed E-state index contributed by atoms with van der Waals surface area (Å²) in [5, 5.41) is 2.55. The zero-order chi connectivity index (χ0) is 15.9. The molecule has 0 unspecified atom stereocenters. The highest BCUT2D eigenvalue weighted by Crippen LogP contribution is 2.29. The lowest BCUT2D eigenvalue weighted by molar-refractivity contribution is -0.138. The maximum absolute atomic E-state index is 13.6. The number of aromatic nitrogens is 3. The average molecular weight is 326 g/mol. The molecule has 2 aromatic heterocycles. The molecule has 0 bridgehead atoms. The lowest BCUT2D eigenvalue weighted by Gasteiger charge is -2.11. The van der Waals surface area contributed by atoms with Gasteiger partial charge in [-0.25, -0.2) is 4.39 Å². The predicted molar refractivity (Wildman–Crippen MR) is 62.3 cm³/mol. The van der Waals surface area contributed by atoms with Crippen LogP contribution in [-0.2, 0) is 6.18 Å². The van der Waals surface area contributed by atoms with E-state index in [1.54, 1.807) is 0 Å². The van der Waals surface area contributed by atoms with Gasteiger partial charge >= 0.3 is 6.18 Å². The van der Waals surface area contributed by atoms with E-state index in [0.717, 1.165) is 6.92 Å². The molecule has 0 spiro atoms. The van der Waals surface area contributed by atoms with Crippen LogP contribution in [0.2, 0.25) is 5.02 Å². The fourth-order valence-electron chi connectivity index (χ4n) is 1.56. The van der Waals surface area contributed by atoms with Crippen molar-refractivity contribution in [3.05, 3.63) is 50.5 Å². The van der Waals surface area contributed by atoms with Gasteiger partial charge in [0.15, 0.2) is 11.6 Å². The third-order valence-electron chi connectivity index (χ3n) is 2.59. The molecular weight excluding hydrogens is 321 g/mol. The Morgan fingerprint density at radius 2 is 1.90 bits per heavy atom.